The van der Waals surface area contributed by atoms with Crippen molar-refractivity contribution >= 4 is 11.6 Å². The van der Waals surface area contributed by atoms with Crippen molar-refractivity contribution in [2.24, 2.45) is 0 Å². The maximum absolute atomic E-state index is 14.8. The Balaban J connectivity index is 1.74. The van der Waals surface area contributed by atoms with Gasteiger partial charge < -0.3 is 10.3 Å². The molecule has 5 heteroatoms. The molecule has 1 fully saturated rings. The predicted octanol–water partition coefficient (Wildman–Crippen LogP) is 2.60. The van der Waals surface area contributed by atoms with Crippen LogP contribution in [-0.4, -0.2) is 10.9 Å². The van der Waals surface area contributed by atoms with E-state index in [-0.39, 0.29) is 11.7 Å². The number of rotatable bonds is 2. The van der Waals surface area contributed by atoms with E-state index < -0.39 is 5.41 Å². The molecule has 1 aliphatic heterocycles. The lowest BCUT2D eigenvalue weighted by Gasteiger charge is -2.10. The Bertz CT molecular complexity index is 811. The van der Waals surface area contributed by atoms with Crippen LogP contribution in [0, 0.1) is 17.1 Å². The van der Waals surface area contributed by atoms with Gasteiger partial charge in [-0.2, -0.15) is 5.26 Å². The van der Waals surface area contributed by atoms with Gasteiger partial charge in [0.25, 0.3) is 0 Å². The Labute approximate surface area is 120 Å². The van der Waals surface area contributed by atoms with Crippen LogP contribution in [-0.2, 0) is 16.6 Å². The third-order valence-corrected chi connectivity index (χ3v) is 4.38. The minimum atomic E-state index is -0.622. The summed E-state index contributed by atoms with van der Waals surface area (Å²) in [6, 6.07) is 8.94. The Morgan fingerprint density at radius 1 is 1.29 bits per heavy atom. The van der Waals surface area contributed by atoms with Gasteiger partial charge in [-0.25, -0.2) is 4.39 Å². The largest absolute Gasteiger partial charge is 0.350 e. The zero-order valence-electron chi connectivity index (χ0n) is 11.2. The second-order valence-corrected chi connectivity index (χ2v) is 5.68. The van der Waals surface area contributed by atoms with Crippen molar-refractivity contribution < 1.29 is 9.18 Å². The molecule has 1 aromatic carbocycles. The van der Waals surface area contributed by atoms with Crippen molar-refractivity contribution in [1.29, 1.82) is 5.26 Å². The van der Waals surface area contributed by atoms with Crippen LogP contribution >= 0.6 is 0 Å². The van der Waals surface area contributed by atoms with Crippen LogP contribution < -0.4 is 5.32 Å². The van der Waals surface area contributed by atoms with Gasteiger partial charge in [-0.15, -0.1) is 0 Å². The summed E-state index contributed by atoms with van der Waals surface area (Å²) in [5, 5.41) is 11.6. The summed E-state index contributed by atoms with van der Waals surface area (Å²) >= 11 is 0. The number of carbonyl (C=O) groups is 1. The summed E-state index contributed by atoms with van der Waals surface area (Å²) in [5.41, 5.74) is 2.29. The molecule has 2 N–H and O–H groups in total. The fourth-order valence-electron chi connectivity index (χ4n) is 3.10. The average molecular weight is 281 g/mol. The quantitative estimate of drug-likeness (QED) is 0.888. The third-order valence-electron chi connectivity index (χ3n) is 4.38. The highest BCUT2D eigenvalue weighted by molar-refractivity contribution is 6.08. The van der Waals surface area contributed by atoms with E-state index >= 15 is 0 Å². The first-order valence-corrected chi connectivity index (χ1v) is 6.85. The molecule has 0 bridgehead atoms. The maximum Gasteiger partial charge on any atom is 0.235 e. The maximum atomic E-state index is 14.8. The normalized spacial score (nSPS) is 17.4. The van der Waals surface area contributed by atoms with E-state index in [0.29, 0.717) is 41.8 Å². The smallest absolute Gasteiger partial charge is 0.235 e. The first-order chi connectivity index (χ1) is 10.1. The van der Waals surface area contributed by atoms with Crippen LogP contribution in [0.5, 0.6) is 0 Å². The Kier molecular flexibility index (Phi) is 2.29. The molecule has 2 aromatic rings. The molecule has 21 heavy (non-hydrogen) atoms. The molecule has 1 aliphatic carbocycles. The van der Waals surface area contributed by atoms with Crippen LogP contribution in [0.4, 0.5) is 10.1 Å². The molecule has 0 atom stereocenters. The molecule has 0 saturated heterocycles. The van der Waals surface area contributed by atoms with Gasteiger partial charge >= 0.3 is 0 Å². The minimum Gasteiger partial charge on any atom is -0.350 e. The van der Waals surface area contributed by atoms with Crippen LogP contribution in [0.1, 0.15) is 35.4 Å². The molecular formula is C16H12FN3O. The van der Waals surface area contributed by atoms with Gasteiger partial charge in [0.15, 0.2) is 0 Å². The Morgan fingerprint density at radius 3 is 2.76 bits per heavy atom. The number of benzene rings is 1. The first-order valence-electron chi connectivity index (χ1n) is 6.85. The Morgan fingerprint density at radius 2 is 2.10 bits per heavy atom. The molecule has 1 amide bonds. The van der Waals surface area contributed by atoms with Crippen LogP contribution in [0.25, 0.3) is 0 Å². The number of amides is 1. The van der Waals surface area contributed by atoms with Crippen LogP contribution in [0.2, 0.25) is 0 Å². The van der Waals surface area contributed by atoms with Gasteiger partial charge in [0.05, 0.1) is 5.41 Å². The third kappa shape index (κ3) is 1.62. The number of aromatic nitrogens is 1. The van der Waals surface area contributed by atoms with Crippen molar-refractivity contribution in [3.8, 4) is 6.07 Å². The number of aromatic amines is 1. The molecule has 1 aromatic heterocycles. The zero-order chi connectivity index (χ0) is 14.6. The molecule has 0 radical (unpaired) electrons. The van der Waals surface area contributed by atoms with Crippen LogP contribution in [0.15, 0.2) is 24.3 Å². The number of hydrogen-bond acceptors (Lipinski definition) is 2. The van der Waals surface area contributed by atoms with E-state index in [4.69, 9.17) is 5.26 Å². The van der Waals surface area contributed by atoms with Gasteiger partial charge in [0.2, 0.25) is 5.91 Å². The van der Waals surface area contributed by atoms with Gasteiger partial charge in [0, 0.05) is 23.4 Å². The second-order valence-electron chi connectivity index (χ2n) is 5.68. The van der Waals surface area contributed by atoms with Gasteiger partial charge in [-0.1, -0.05) is 6.07 Å². The monoisotopic (exact) mass is 281 g/mol. The highest BCUT2D eigenvalue weighted by atomic mass is 19.1. The number of H-pyrrole nitrogens is 1. The number of hydrogen-bond donors (Lipinski definition) is 2. The van der Waals surface area contributed by atoms with Crippen molar-refractivity contribution in [1.82, 2.24) is 4.98 Å². The number of nitrogens with one attached hydrogen (secondary N) is 2. The second kappa shape index (κ2) is 3.95. The van der Waals surface area contributed by atoms with Crippen molar-refractivity contribution in [3.63, 3.8) is 0 Å². The number of anilines is 1. The number of halogens is 1. The van der Waals surface area contributed by atoms with Gasteiger partial charge in [0.1, 0.15) is 17.6 Å². The molecule has 2 heterocycles. The first kappa shape index (κ1) is 12.2. The van der Waals surface area contributed by atoms with E-state index in [0.717, 1.165) is 5.69 Å². The molecule has 104 valence electrons. The summed E-state index contributed by atoms with van der Waals surface area (Å²) in [6.45, 7) is 0. The zero-order valence-corrected chi connectivity index (χ0v) is 11.2. The van der Waals surface area contributed by atoms with Gasteiger partial charge in [-0.3, -0.25) is 4.79 Å². The van der Waals surface area contributed by atoms with E-state index in [1.807, 2.05) is 6.07 Å². The molecule has 4 rings (SSSR count). The van der Waals surface area contributed by atoms with Crippen molar-refractivity contribution in [3.05, 3.63) is 52.6 Å². The van der Waals surface area contributed by atoms with Crippen molar-refractivity contribution in [2.75, 3.05) is 5.32 Å². The summed E-state index contributed by atoms with van der Waals surface area (Å²) in [4.78, 5) is 14.9. The molecule has 4 nitrogen and oxygen atoms in total. The molecule has 0 unspecified atom stereocenters. The molecular weight excluding hydrogens is 269 g/mol. The summed E-state index contributed by atoms with van der Waals surface area (Å²) in [7, 11) is 0. The summed E-state index contributed by atoms with van der Waals surface area (Å²) in [5.74, 6) is -0.378. The molecule has 1 spiro atoms. The standard InChI is InChI=1S/C16H12FN3O/c17-14-9(7-10-2-3-11(8-18)19-10)1-4-12-13(14)16(5-6-16)15(21)20-12/h1-4,19H,5-7H2,(H,20,21). The number of nitrogens with zero attached hydrogens (tertiary/aromatic N) is 1. The lowest BCUT2D eigenvalue weighted by Crippen LogP contribution is -2.19. The minimum absolute atomic E-state index is 0.0832. The number of fused-ring (bicyclic) bond motifs is 2. The highest BCUT2D eigenvalue weighted by Gasteiger charge is 2.57. The summed E-state index contributed by atoms with van der Waals surface area (Å²) < 4.78 is 14.8. The van der Waals surface area contributed by atoms with Gasteiger partial charge in [-0.05, 0) is 36.6 Å². The SMILES string of the molecule is N#Cc1ccc(Cc2ccc3c(c2F)C2(CC2)C(=O)N3)[nH]1. The van der Waals surface area contributed by atoms with E-state index in [2.05, 4.69) is 10.3 Å². The molecule has 2 aliphatic rings. The number of nitriles is 1. The predicted molar refractivity (Wildman–Crippen MR) is 74.3 cm³/mol. The van der Waals surface area contributed by atoms with E-state index in [9.17, 15) is 9.18 Å². The highest BCUT2D eigenvalue weighted by Crippen LogP contribution is 2.56. The van der Waals surface area contributed by atoms with E-state index in [1.54, 1.807) is 24.3 Å². The lowest BCUT2D eigenvalue weighted by molar-refractivity contribution is -0.117. The Hall–Kier alpha value is -2.61. The number of carbonyl (C=O) groups excluding carboxylic acids is 1. The fourth-order valence-corrected chi connectivity index (χ4v) is 3.10. The van der Waals surface area contributed by atoms with Crippen LogP contribution in [0.3, 0.4) is 0 Å². The van der Waals surface area contributed by atoms with E-state index in [1.165, 1.54) is 0 Å². The topological polar surface area (TPSA) is 68.7 Å². The average Bonchev–Trinajstić information content (AvgIpc) is 3.05. The fraction of sp³-hybridized carbons (Fsp3) is 0.250. The van der Waals surface area contributed by atoms with Crippen molar-refractivity contribution in [2.45, 2.75) is 24.7 Å². The molecule has 1 saturated carbocycles. The lowest BCUT2D eigenvalue weighted by atomic mass is 9.94. The summed E-state index contributed by atoms with van der Waals surface area (Å²) in [6.07, 6.45) is 1.81.